The summed E-state index contributed by atoms with van der Waals surface area (Å²) in [6.07, 6.45) is 4.09. The summed E-state index contributed by atoms with van der Waals surface area (Å²) in [7, 11) is 2.02. The predicted octanol–water partition coefficient (Wildman–Crippen LogP) is 1.36. The summed E-state index contributed by atoms with van der Waals surface area (Å²) in [5.41, 5.74) is 1.97. The molecule has 6 nitrogen and oxygen atoms in total. The van der Waals surface area contributed by atoms with Crippen LogP contribution in [0.5, 0.6) is 0 Å². The van der Waals surface area contributed by atoms with Crippen molar-refractivity contribution < 1.29 is 0 Å². The van der Waals surface area contributed by atoms with Gasteiger partial charge in [-0.3, -0.25) is 10.1 Å². The zero-order chi connectivity index (χ0) is 13.9. The van der Waals surface area contributed by atoms with Gasteiger partial charge in [-0.2, -0.15) is 4.98 Å². The number of nitrogens with one attached hydrogen (secondary N) is 2. The van der Waals surface area contributed by atoms with Crippen LogP contribution < -0.4 is 10.2 Å². The molecule has 1 aliphatic rings. The number of hydrogen-bond donors (Lipinski definition) is 2. The average molecular weight is 272 g/mol. The van der Waals surface area contributed by atoms with Crippen molar-refractivity contribution >= 4 is 5.95 Å². The number of H-pyrrole nitrogens is 1. The second-order valence-electron chi connectivity index (χ2n) is 5.22. The van der Waals surface area contributed by atoms with E-state index in [1.165, 1.54) is 0 Å². The highest BCUT2D eigenvalue weighted by atomic mass is 15.4. The maximum Gasteiger partial charge on any atom is 0.245 e. The number of anilines is 1. The van der Waals surface area contributed by atoms with Crippen LogP contribution in [-0.4, -0.2) is 46.3 Å². The Bertz CT molecular complexity index is 553. The van der Waals surface area contributed by atoms with E-state index in [1.807, 2.05) is 32.3 Å². The molecule has 1 saturated heterocycles. The molecule has 0 aliphatic carbocycles. The lowest BCUT2D eigenvalue weighted by Gasteiger charge is -2.30. The lowest BCUT2D eigenvalue weighted by atomic mass is 10.1. The van der Waals surface area contributed by atoms with Crippen molar-refractivity contribution in [3.8, 4) is 11.4 Å². The van der Waals surface area contributed by atoms with Crippen molar-refractivity contribution in [2.24, 2.45) is 0 Å². The minimum Gasteiger partial charge on any atom is -0.339 e. The Labute approximate surface area is 118 Å². The van der Waals surface area contributed by atoms with Gasteiger partial charge in [0.05, 0.1) is 0 Å². The van der Waals surface area contributed by atoms with Crippen LogP contribution in [-0.2, 0) is 0 Å². The molecule has 106 valence electrons. The van der Waals surface area contributed by atoms with Crippen LogP contribution in [0, 0.1) is 6.92 Å². The maximum absolute atomic E-state index is 4.58. The van der Waals surface area contributed by atoms with Gasteiger partial charge in [-0.15, -0.1) is 5.10 Å². The average Bonchev–Trinajstić information content (AvgIpc) is 2.98. The number of aromatic nitrogens is 4. The van der Waals surface area contributed by atoms with E-state index in [0.29, 0.717) is 6.04 Å². The molecule has 6 heteroatoms. The second-order valence-corrected chi connectivity index (χ2v) is 5.22. The summed E-state index contributed by atoms with van der Waals surface area (Å²) >= 11 is 0. The van der Waals surface area contributed by atoms with Gasteiger partial charge >= 0.3 is 0 Å². The first-order valence-electron chi connectivity index (χ1n) is 7.04. The Hall–Kier alpha value is -1.95. The van der Waals surface area contributed by atoms with Gasteiger partial charge in [-0.25, -0.2) is 0 Å². The molecule has 3 heterocycles. The molecule has 0 atom stereocenters. The van der Waals surface area contributed by atoms with Gasteiger partial charge in [0.25, 0.3) is 0 Å². The molecule has 0 unspecified atom stereocenters. The standard InChI is InChI=1S/C14H20N6/c1-10-3-4-11(9-16-10)13-17-14(19-18-13)20-7-5-12(15-2)6-8-20/h3-4,9,12,15H,5-8H2,1-2H3,(H,17,18,19). The van der Waals surface area contributed by atoms with E-state index in [2.05, 4.69) is 30.4 Å². The maximum atomic E-state index is 4.58. The van der Waals surface area contributed by atoms with E-state index in [-0.39, 0.29) is 0 Å². The topological polar surface area (TPSA) is 69.7 Å². The third-order valence-corrected chi connectivity index (χ3v) is 3.84. The van der Waals surface area contributed by atoms with E-state index < -0.39 is 0 Å². The smallest absolute Gasteiger partial charge is 0.245 e. The van der Waals surface area contributed by atoms with Crippen molar-refractivity contribution in [2.75, 3.05) is 25.0 Å². The van der Waals surface area contributed by atoms with E-state index in [4.69, 9.17) is 0 Å². The summed E-state index contributed by atoms with van der Waals surface area (Å²) in [5, 5.41) is 10.7. The van der Waals surface area contributed by atoms with Gasteiger partial charge in [-0.1, -0.05) is 0 Å². The van der Waals surface area contributed by atoms with Crippen LogP contribution in [0.2, 0.25) is 0 Å². The highest BCUT2D eigenvalue weighted by Crippen LogP contribution is 2.20. The number of aryl methyl sites for hydroxylation is 1. The SMILES string of the molecule is CNC1CCN(c2n[nH]c(-c3ccc(C)nc3)n2)CC1. The third-order valence-electron chi connectivity index (χ3n) is 3.84. The van der Waals surface area contributed by atoms with E-state index in [0.717, 1.165) is 49.0 Å². The lowest BCUT2D eigenvalue weighted by Crippen LogP contribution is -2.41. The zero-order valence-corrected chi connectivity index (χ0v) is 11.9. The second kappa shape index (κ2) is 5.58. The molecule has 0 radical (unpaired) electrons. The minimum atomic E-state index is 0.617. The molecule has 2 aromatic rings. The Morgan fingerprint density at radius 2 is 2.10 bits per heavy atom. The van der Waals surface area contributed by atoms with Crippen LogP contribution in [0.3, 0.4) is 0 Å². The molecule has 2 aromatic heterocycles. The largest absolute Gasteiger partial charge is 0.339 e. The van der Waals surface area contributed by atoms with Gasteiger partial charge in [0.2, 0.25) is 5.95 Å². The Balaban J connectivity index is 1.72. The Kier molecular flexibility index (Phi) is 3.64. The van der Waals surface area contributed by atoms with Crippen LogP contribution in [0.25, 0.3) is 11.4 Å². The first-order chi connectivity index (χ1) is 9.76. The first-order valence-corrected chi connectivity index (χ1v) is 7.04. The highest BCUT2D eigenvalue weighted by Gasteiger charge is 2.20. The van der Waals surface area contributed by atoms with Crippen LogP contribution >= 0.6 is 0 Å². The van der Waals surface area contributed by atoms with Gasteiger partial charge in [-0.05, 0) is 38.9 Å². The van der Waals surface area contributed by atoms with Crippen molar-refractivity contribution in [1.29, 1.82) is 0 Å². The van der Waals surface area contributed by atoms with Crippen LogP contribution in [0.1, 0.15) is 18.5 Å². The normalized spacial score (nSPS) is 16.6. The Morgan fingerprint density at radius 1 is 1.30 bits per heavy atom. The molecule has 0 aromatic carbocycles. The summed E-state index contributed by atoms with van der Waals surface area (Å²) in [5.74, 6) is 1.57. The van der Waals surface area contributed by atoms with Gasteiger partial charge in [0.15, 0.2) is 5.82 Å². The van der Waals surface area contributed by atoms with Gasteiger partial charge in [0, 0.05) is 36.6 Å². The van der Waals surface area contributed by atoms with Gasteiger partial charge in [0.1, 0.15) is 0 Å². The monoisotopic (exact) mass is 272 g/mol. The molecule has 3 rings (SSSR count). The summed E-state index contributed by atoms with van der Waals surface area (Å²) < 4.78 is 0. The lowest BCUT2D eigenvalue weighted by molar-refractivity contribution is 0.439. The molecule has 0 spiro atoms. The number of aromatic amines is 1. The Morgan fingerprint density at radius 3 is 2.75 bits per heavy atom. The number of nitrogens with zero attached hydrogens (tertiary/aromatic N) is 4. The molecular weight excluding hydrogens is 252 g/mol. The molecule has 1 fully saturated rings. The van der Waals surface area contributed by atoms with Crippen molar-refractivity contribution in [2.45, 2.75) is 25.8 Å². The van der Waals surface area contributed by atoms with Crippen LogP contribution in [0.4, 0.5) is 5.95 Å². The molecule has 2 N–H and O–H groups in total. The fraction of sp³-hybridized carbons (Fsp3) is 0.500. The summed E-state index contributed by atoms with van der Waals surface area (Å²) in [6.45, 7) is 3.96. The van der Waals surface area contributed by atoms with E-state index in [1.54, 1.807) is 0 Å². The van der Waals surface area contributed by atoms with Gasteiger partial charge < -0.3 is 10.2 Å². The number of piperidine rings is 1. The highest BCUT2D eigenvalue weighted by molar-refractivity contribution is 5.55. The van der Waals surface area contributed by atoms with Crippen molar-refractivity contribution in [1.82, 2.24) is 25.5 Å². The van der Waals surface area contributed by atoms with Crippen molar-refractivity contribution in [3.05, 3.63) is 24.0 Å². The third kappa shape index (κ3) is 2.65. The first kappa shape index (κ1) is 13.1. The molecule has 0 bridgehead atoms. The molecule has 0 saturated carbocycles. The van der Waals surface area contributed by atoms with E-state index >= 15 is 0 Å². The van der Waals surface area contributed by atoms with Crippen LogP contribution in [0.15, 0.2) is 18.3 Å². The predicted molar refractivity (Wildman–Crippen MR) is 78.6 cm³/mol. The number of hydrogen-bond acceptors (Lipinski definition) is 5. The summed E-state index contributed by atoms with van der Waals surface area (Å²) in [4.78, 5) is 11.1. The molecule has 20 heavy (non-hydrogen) atoms. The summed E-state index contributed by atoms with van der Waals surface area (Å²) in [6, 6.07) is 4.61. The molecule has 1 aliphatic heterocycles. The quantitative estimate of drug-likeness (QED) is 0.883. The molecular formula is C14H20N6. The number of rotatable bonds is 3. The fourth-order valence-corrected chi connectivity index (χ4v) is 2.50. The fourth-order valence-electron chi connectivity index (χ4n) is 2.50. The minimum absolute atomic E-state index is 0.617. The number of pyridine rings is 1. The van der Waals surface area contributed by atoms with Crippen molar-refractivity contribution in [3.63, 3.8) is 0 Å². The molecule has 0 amide bonds. The zero-order valence-electron chi connectivity index (χ0n) is 11.9. The van der Waals surface area contributed by atoms with E-state index in [9.17, 15) is 0 Å².